The first-order valence-electron chi connectivity index (χ1n) is 27.1. The number of aryl methyl sites for hydroxylation is 2. The molecule has 5 atom stereocenters. The first-order valence-corrected chi connectivity index (χ1v) is 28.0. The number of hydrogen-bond acceptors (Lipinski definition) is 15. The zero-order valence-electron chi connectivity index (χ0n) is 46.1. The number of fused-ring (bicyclic) bond motifs is 1. The minimum atomic E-state index is -2.03. The summed E-state index contributed by atoms with van der Waals surface area (Å²) in [4.78, 5) is 101. The number of benzene rings is 3. The number of rotatable bonds is 25. The van der Waals surface area contributed by atoms with Gasteiger partial charge in [-0.15, -0.1) is 11.3 Å². The van der Waals surface area contributed by atoms with Crippen LogP contribution in [0.25, 0.3) is 21.8 Å². The van der Waals surface area contributed by atoms with Gasteiger partial charge in [0.25, 0.3) is 17.7 Å². The highest BCUT2D eigenvalue weighted by atomic mass is 32.1. The average molecular weight is 1140 g/mol. The predicted octanol–water partition coefficient (Wildman–Crippen LogP) is 4.87. The van der Waals surface area contributed by atoms with E-state index in [0.717, 1.165) is 34.5 Å². The summed E-state index contributed by atoms with van der Waals surface area (Å²) in [7, 11) is 1.54. The number of aliphatic hydroxyl groups excluding tert-OH is 1. The second-order valence-corrected chi connectivity index (χ2v) is 22.6. The number of nitrogens with one attached hydrogen (secondary N) is 5. The Morgan fingerprint density at radius 1 is 0.914 bits per heavy atom. The molecular weight excluding hydrogens is 1070 g/mol. The van der Waals surface area contributed by atoms with Crippen molar-refractivity contribution in [3.05, 3.63) is 112 Å². The van der Waals surface area contributed by atoms with Gasteiger partial charge in [-0.2, -0.15) is 0 Å². The third kappa shape index (κ3) is 15.2. The summed E-state index contributed by atoms with van der Waals surface area (Å²) in [5, 5.41) is 39.5. The van der Waals surface area contributed by atoms with E-state index in [-0.39, 0.29) is 125 Å². The molecule has 23 heteroatoms. The number of carbonyl (C=O) groups is 7. The molecule has 7 amide bonds. The predicted molar refractivity (Wildman–Crippen MR) is 296 cm³/mol. The lowest BCUT2D eigenvalue weighted by atomic mass is 9.85. The molecule has 1 saturated heterocycles. The van der Waals surface area contributed by atoms with Gasteiger partial charge < -0.3 is 60.6 Å². The molecule has 0 spiro atoms. The second-order valence-electron chi connectivity index (χ2n) is 21.8. The molecule has 5 aromatic rings. The van der Waals surface area contributed by atoms with Crippen molar-refractivity contribution in [1.29, 1.82) is 0 Å². The van der Waals surface area contributed by atoms with Crippen molar-refractivity contribution in [2.24, 2.45) is 5.41 Å². The maximum absolute atomic E-state index is 14.7. The summed E-state index contributed by atoms with van der Waals surface area (Å²) in [6, 6.07) is 17.9. The van der Waals surface area contributed by atoms with E-state index in [1.54, 1.807) is 51.5 Å². The lowest BCUT2D eigenvalue weighted by molar-refractivity contribution is -0.145. The third-order valence-electron chi connectivity index (χ3n) is 14.6. The third-order valence-corrected chi connectivity index (χ3v) is 15.6. The second kappa shape index (κ2) is 26.3. The number of likely N-dealkylation sites (tertiary alicyclic amines) is 1. The van der Waals surface area contributed by atoms with Crippen LogP contribution in [-0.4, -0.2) is 155 Å². The monoisotopic (exact) mass is 1140 g/mol. The minimum Gasteiger partial charge on any atom is -0.507 e. The quantitative estimate of drug-likeness (QED) is 0.0384. The number of phenolic OH excluding ortho intramolecular Hbond substituents is 1. The number of nitrogens with zero attached hydrogens (tertiary/aromatic N) is 4. The molecule has 1 saturated carbocycles. The fourth-order valence-corrected chi connectivity index (χ4v) is 10.6. The summed E-state index contributed by atoms with van der Waals surface area (Å²) in [5.41, 5.74) is 4.04. The van der Waals surface area contributed by atoms with Crippen LogP contribution in [0.4, 0.5) is 4.39 Å². The van der Waals surface area contributed by atoms with Crippen molar-refractivity contribution >= 4 is 52.7 Å². The summed E-state index contributed by atoms with van der Waals surface area (Å²) < 4.78 is 31.3. The Kier molecular flexibility index (Phi) is 19.3. The molecule has 1 aliphatic heterocycles. The molecule has 3 heterocycles. The van der Waals surface area contributed by atoms with E-state index in [0.29, 0.717) is 11.1 Å². The Balaban J connectivity index is 0.730. The average Bonchev–Trinajstić information content (AvgIpc) is 3.98. The molecule has 0 unspecified atom stereocenters. The summed E-state index contributed by atoms with van der Waals surface area (Å²) in [5.74, 6) is -3.74. The molecule has 7 N–H and O–H groups in total. The number of halogens is 1. The van der Waals surface area contributed by atoms with E-state index in [2.05, 4.69) is 36.7 Å². The van der Waals surface area contributed by atoms with Crippen molar-refractivity contribution in [3.8, 4) is 27.5 Å². The molecular formula is C58H70FN9O12S. The summed E-state index contributed by atoms with van der Waals surface area (Å²) in [6.45, 7) is 7.88. The number of phenols is 1. The zero-order valence-corrected chi connectivity index (χ0v) is 46.9. The number of amides is 7. The standard InChI is InChI=1S/C58H70FN9O12S/c1-34-50(81-33-62-34)37-12-10-36(11-13-37)43(64-53(74)45-29-39(69)32-68(45)55(76)51(57(2,3)4)65-56(77)58(59)19-20-58)31-49(72)61-22-25-79-27-26-78-24-18-48(71)60-21-23-67(5)54(75)41-16-14-38(28-46(41)70)47-30-44(66-80-47)52(73)63-42-17-15-35-8-6-7-9-40(35)42/h6-14,16,28,30,33,39,42-43,45,51,69-70H,15,17-27,29,31-32H2,1-5H3,(H,60,71)(H,61,72)(H,63,73)(H,64,74)(H,65,77)/t39-,42-,43+,45+,51-/m1/s1. The molecule has 81 heavy (non-hydrogen) atoms. The molecule has 8 rings (SSSR count). The fourth-order valence-electron chi connectivity index (χ4n) is 9.77. The van der Waals surface area contributed by atoms with Gasteiger partial charge >= 0.3 is 0 Å². The van der Waals surface area contributed by atoms with E-state index < -0.39 is 64.8 Å². The van der Waals surface area contributed by atoms with Crippen LogP contribution in [0.15, 0.2) is 82.8 Å². The lowest BCUT2D eigenvalue weighted by Crippen LogP contribution is -2.59. The first kappa shape index (κ1) is 59.5. The number of hydrogen-bond donors (Lipinski definition) is 7. The van der Waals surface area contributed by atoms with Crippen LogP contribution in [0.3, 0.4) is 0 Å². The number of aliphatic hydroxyl groups is 1. The Bertz CT molecular complexity index is 3080. The van der Waals surface area contributed by atoms with Crippen LogP contribution in [0.1, 0.15) is 115 Å². The molecule has 0 bridgehead atoms. The van der Waals surface area contributed by atoms with Gasteiger partial charge in [0.05, 0.1) is 72.7 Å². The molecule has 3 aliphatic rings. The molecule has 3 aromatic carbocycles. The number of likely N-dealkylation sites (N-methyl/N-ethyl adjacent to an activating group) is 1. The van der Waals surface area contributed by atoms with Crippen molar-refractivity contribution in [2.45, 2.75) is 109 Å². The SMILES string of the molecule is Cc1ncsc1-c1ccc([C@H](CC(=O)NCCOCCOCCC(=O)NCCN(C)C(=O)c2ccc(-c3cc(C(=O)N[C@@H]4CCc5ccccc54)no3)cc2O)NC(=O)[C@@H]2C[C@@H](O)CN2C(=O)[C@@H](NC(=O)C2(F)CC2)C(C)(C)C)cc1. The van der Waals surface area contributed by atoms with Gasteiger partial charge in [-0.1, -0.05) is 80.5 Å². The lowest BCUT2D eigenvalue weighted by Gasteiger charge is -2.36. The topological polar surface area (TPSA) is 284 Å². The van der Waals surface area contributed by atoms with E-state index in [4.69, 9.17) is 14.0 Å². The number of carbonyl (C=O) groups excluding carboxylic acids is 7. The maximum atomic E-state index is 14.7. The number of aromatic nitrogens is 2. The van der Waals surface area contributed by atoms with Crippen LogP contribution in [0, 0.1) is 12.3 Å². The molecule has 2 aromatic heterocycles. The number of aromatic hydroxyl groups is 1. The smallest absolute Gasteiger partial charge is 0.273 e. The van der Waals surface area contributed by atoms with Gasteiger partial charge in [0.2, 0.25) is 23.6 Å². The Labute approximate surface area is 472 Å². The highest BCUT2D eigenvalue weighted by Gasteiger charge is 2.53. The van der Waals surface area contributed by atoms with Crippen LogP contribution < -0.4 is 26.6 Å². The Morgan fingerprint density at radius 2 is 1.63 bits per heavy atom. The fraction of sp³-hybridized carbons (Fsp3) is 0.466. The number of β-amino-alcohol motifs (C(OH)–C–C–N with tert-alkyl or cyclic N) is 1. The van der Waals surface area contributed by atoms with E-state index in [1.165, 1.54) is 44.9 Å². The molecule has 2 fully saturated rings. The van der Waals surface area contributed by atoms with E-state index >= 15 is 0 Å². The van der Waals surface area contributed by atoms with Gasteiger partial charge in [-0.25, -0.2) is 9.37 Å². The molecule has 2 aliphatic carbocycles. The number of ether oxygens (including phenoxy) is 2. The van der Waals surface area contributed by atoms with E-state index in [1.807, 2.05) is 43.3 Å². The normalized spacial score (nSPS) is 17.8. The van der Waals surface area contributed by atoms with Gasteiger partial charge in [-0.05, 0) is 72.4 Å². The van der Waals surface area contributed by atoms with Crippen molar-refractivity contribution in [2.75, 3.05) is 59.7 Å². The summed E-state index contributed by atoms with van der Waals surface area (Å²) in [6.07, 6.45) is 0.513. The van der Waals surface area contributed by atoms with Gasteiger partial charge in [-0.3, -0.25) is 33.6 Å². The van der Waals surface area contributed by atoms with E-state index in [9.17, 15) is 48.2 Å². The maximum Gasteiger partial charge on any atom is 0.273 e. The first-order chi connectivity index (χ1) is 38.7. The molecule has 0 radical (unpaired) electrons. The van der Waals surface area contributed by atoms with Crippen LogP contribution in [0.5, 0.6) is 5.75 Å². The Hall–Kier alpha value is -7.60. The van der Waals surface area contributed by atoms with Gasteiger partial charge in [0.15, 0.2) is 17.1 Å². The largest absolute Gasteiger partial charge is 0.507 e. The minimum absolute atomic E-state index is 0.0353. The highest BCUT2D eigenvalue weighted by molar-refractivity contribution is 7.13. The van der Waals surface area contributed by atoms with Crippen molar-refractivity contribution in [3.63, 3.8) is 0 Å². The van der Waals surface area contributed by atoms with Crippen molar-refractivity contribution in [1.82, 2.24) is 46.5 Å². The summed E-state index contributed by atoms with van der Waals surface area (Å²) >= 11 is 1.48. The highest BCUT2D eigenvalue weighted by Crippen LogP contribution is 2.41. The Morgan fingerprint density at radius 3 is 2.33 bits per heavy atom. The van der Waals surface area contributed by atoms with Crippen LogP contribution >= 0.6 is 11.3 Å². The molecule has 432 valence electrons. The zero-order chi connectivity index (χ0) is 58.0. The number of thiazole rings is 1. The van der Waals surface area contributed by atoms with Gasteiger partial charge in [0, 0.05) is 57.7 Å². The number of alkyl halides is 1. The van der Waals surface area contributed by atoms with Crippen molar-refractivity contribution < 1.29 is 62.2 Å². The van der Waals surface area contributed by atoms with Gasteiger partial charge in [0.1, 0.15) is 17.8 Å². The molecule has 21 nitrogen and oxygen atoms in total. The van der Waals surface area contributed by atoms with Crippen LogP contribution in [0.2, 0.25) is 0 Å². The van der Waals surface area contributed by atoms with Crippen LogP contribution in [-0.2, 0) is 39.9 Å².